The topological polar surface area (TPSA) is 65.4 Å². The highest BCUT2D eigenvalue weighted by Gasteiger charge is 2.08. The summed E-state index contributed by atoms with van der Waals surface area (Å²) in [5, 5.41) is 7.75. The first-order valence-electron chi connectivity index (χ1n) is 8.38. The summed E-state index contributed by atoms with van der Waals surface area (Å²) in [5.74, 6) is 1.36. The SMILES string of the molecule is CCOc1ccc(CNC(=O)CCn2cc(Cl)c(C)n2)cc1OCC. The van der Waals surface area contributed by atoms with E-state index in [9.17, 15) is 4.79 Å². The van der Waals surface area contributed by atoms with Gasteiger partial charge in [0.25, 0.3) is 0 Å². The van der Waals surface area contributed by atoms with E-state index in [-0.39, 0.29) is 5.91 Å². The molecule has 0 saturated heterocycles. The van der Waals surface area contributed by atoms with Crippen LogP contribution in [0.3, 0.4) is 0 Å². The molecular formula is C18H24ClN3O3. The van der Waals surface area contributed by atoms with Crippen LogP contribution in [-0.2, 0) is 17.9 Å². The maximum Gasteiger partial charge on any atom is 0.222 e. The van der Waals surface area contributed by atoms with Gasteiger partial charge in [-0.25, -0.2) is 0 Å². The molecule has 7 heteroatoms. The highest BCUT2D eigenvalue weighted by Crippen LogP contribution is 2.28. The number of aryl methyl sites for hydroxylation is 2. The molecule has 0 saturated carbocycles. The summed E-state index contributed by atoms with van der Waals surface area (Å²) in [6.07, 6.45) is 2.07. The third-order valence-electron chi connectivity index (χ3n) is 3.55. The molecule has 0 bridgehead atoms. The lowest BCUT2D eigenvalue weighted by Crippen LogP contribution is -2.24. The third-order valence-corrected chi connectivity index (χ3v) is 3.92. The fraction of sp³-hybridized carbons (Fsp3) is 0.444. The molecule has 1 aromatic heterocycles. The number of hydrogen-bond acceptors (Lipinski definition) is 4. The quantitative estimate of drug-likeness (QED) is 0.740. The van der Waals surface area contributed by atoms with Crippen LogP contribution >= 0.6 is 11.6 Å². The van der Waals surface area contributed by atoms with Crippen molar-refractivity contribution >= 4 is 17.5 Å². The first kappa shape index (κ1) is 19.1. The van der Waals surface area contributed by atoms with Crippen molar-refractivity contribution in [2.24, 2.45) is 0 Å². The average molecular weight is 366 g/mol. The van der Waals surface area contributed by atoms with Crippen molar-refractivity contribution in [3.05, 3.63) is 40.7 Å². The van der Waals surface area contributed by atoms with Gasteiger partial charge >= 0.3 is 0 Å². The van der Waals surface area contributed by atoms with Gasteiger partial charge in [-0.3, -0.25) is 9.48 Å². The number of halogens is 1. The second-order valence-corrected chi connectivity index (χ2v) is 5.91. The molecule has 1 N–H and O–H groups in total. The predicted octanol–water partition coefficient (Wildman–Crippen LogP) is 3.35. The molecule has 0 fully saturated rings. The zero-order chi connectivity index (χ0) is 18.2. The largest absolute Gasteiger partial charge is 0.490 e. The van der Waals surface area contributed by atoms with E-state index in [0.29, 0.717) is 49.2 Å². The van der Waals surface area contributed by atoms with Crippen molar-refractivity contribution in [1.82, 2.24) is 15.1 Å². The fourth-order valence-corrected chi connectivity index (χ4v) is 2.47. The molecule has 0 aliphatic rings. The van der Waals surface area contributed by atoms with Gasteiger partial charge in [-0.05, 0) is 38.5 Å². The summed E-state index contributed by atoms with van der Waals surface area (Å²) in [7, 11) is 0. The molecule has 0 radical (unpaired) electrons. The Morgan fingerprint density at radius 1 is 1.24 bits per heavy atom. The molecule has 0 atom stereocenters. The Kier molecular flexibility index (Phi) is 7.13. The number of carbonyl (C=O) groups is 1. The monoisotopic (exact) mass is 365 g/mol. The first-order valence-corrected chi connectivity index (χ1v) is 8.76. The zero-order valence-corrected chi connectivity index (χ0v) is 15.6. The van der Waals surface area contributed by atoms with Crippen LogP contribution in [0.15, 0.2) is 24.4 Å². The van der Waals surface area contributed by atoms with E-state index in [1.807, 2.05) is 39.0 Å². The van der Waals surface area contributed by atoms with Crippen molar-refractivity contribution in [3.8, 4) is 11.5 Å². The summed E-state index contributed by atoms with van der Waals surface area (Å²) < 4.78 is 12.8. The van der Waals surface area contributed by atoms with Crippen LogP contribution in [0.25, 0.3) is 0 Å². The highest BCUT2D eigenvalue weighted by molar-refractivity contribution is 6.31. The van der Waals surface area contributed by atoms with Crippen molar-refractivity contribution in [1.29, 1.82) is 0 Å². The lowest BCUT2D eigenvalue weighted by Gasteiger charge is -2.13. The number of hydrogen-bond donors (Lipinski definition) is 1. The molecule has 6 nitrogen and oxygen atoms in total. The average Bonchev–Trinajstić information content (AvgIpc) is 2.91. The van der Waals surface area contributed by atoms with Gasteiger partial charge in [-0.15, -0.1) is 0 Å². The standard InChI is InChI=1S/C18H24ClN3O3/c1-4-24-16-7-6-14(10-17(16)25-5-2)11-20-18(23)8-9-22-12-15(19)13(3)21-22/h6-7,10,12H,4-5,8-9,11H2,1-3H3,(H,20,23). The summed E-state index contributed by atoms with van der Waals surface area (Å²) in [5.41, 5.74) is 1.72. The smallest absolute Gasteiger partial charge is 0.222 e. The maximum atomic E-state index is 12.0. The lowest BCUT2D eigenvalue weighted by molar-refractivity contribution is -0.121. The Morgan fingerprint density at radius 3 is 2.60 bits per heavy atom. The lowest BCUT2D eigenvalue weighted by atomic mass is 10.2. The number of rotatable bonds is 9. The molecule has 1 amide bonds. The molecule has 0 aliphatic carbocycles. The molecule has 0 unspecified atom stereocenters. The van der Waals surface area contributed by atoms with Crippen LogP contribution in [0.1, 0.15) is 31.5 Å². The summed E-state index contributed by atoms with van der Waals surface area (Å²) in [4.78, 5) is 12.0. The highest BCUT2D eigenvalue weighted by atomic mass is 35.5. The van der Waals surface area contributed by atoms with Crippen molar-refractivity contribution in [2.45, 2.75) is 40.3 Å². The van der Waals surface area contributed by atoms with Gasteiger partial charge in [0.2, 0.25) is 5.91 Å². The number of nitrogens with zero attached hydrogens (tertiary/aromatic N) is 2. The van der Waals surface area contributed by atoms with Crippen molar-refractivity contribution in [2.75, 3.05) is 13.2 Å². The Bertz CT molecular complexity index is 696. The van der Waals surface area contributed by atoms with Gasteiger partial charge in [0.1, 0.15) is 0 Å². The number of nitrogens with one attached hydrogen (secondary N) is 1. The number of aromatic nitrogens is 2. The Hall–Kier alpha value is -2.21. The molecule has 1 aromatic carbocycles. The molecule has 2 aromatic rings. The van der Waals surface area contributed by atoms with Gasteiger partial charge in [-0.2, -0.15) is 5.10 Å². The zero-order valence-electron chi connectivity index (χ0n) is 14.8. The van der Waals surface area contributed by atoms with Crippen LogP contribution in [0.5, 0.6) is 11.5 Å². The van der Waals surface area contributed by atoms with Gasteiger partial charge < -0.3 is 14.8 Å². The van der Waals surface area contributed by atoms with Gasteiger partial charge in [-0.1, -0.05) is 17.7 Å². The number of amides is 1. The molecule has 1 heterocycles. The molecule has 0 spiro atoms. The minimum absolute atomic E-state index is 0.0453. The first-order chi connectivity index (χ1) is 12.0. The van der Waals surface area contributed by atoms with Gasteiger partial charge in [0.15, 0.2) is 11.5 Å². The predicted molar refractivity (Wildman–Crippen MR) is 97.2 cm³/mol. The van der Waals surface area contributed by atoms with E-state index < -0.39 is 0 Å². The normalized spacial score (nSPS) is 10.6. The molecule has 25 heavy (non-hydrogen) atoms. The van der Waals surface area contributed by atoms with E-state index in [1.54, 1.807) is 10.9 Å². The second kappa shape index (κ2) is 9.32. The Balaban J connectivity index is 1.87. The van der Waals surface area contributed by atoms with Crippen LogP contribution < -0.4 is 14.8 Å². The number of carbonyl (C=O) groups excluding carboxylic acids is 1. The van der Waals surface area contributed by atoms with Crippen LogP contribution in [0.2, 0.25) is 5.02 Å². The summed E-state index contributed by atoms with van der Waals surface area (Å²) >= 11 is 5.96. The van der Waals surface area contributed by atoms with Crippen LogP contribution in [0, 0.1) is 6.92 Å². The molecule has 0 aliphatic heterocycles. The molecule has 2 rings (SSSR count). The van der Waals surface area contributed by atoms with E-state index >= 15 is 0 Å². The van der Waals surface area contributed by atoms with Gasteiger partial charge in [0, 0.05) is 25.7 Å². The minimum atomic E-state index is -0.0453. The minimum Gasteiger partial charge on any atom is -0.490 e. The van der Waals surface area contributed by atoms with Crippen LogP contribution in [0.4, 0.5) is 0 Å². The Labute approximate surface area is 153 Å². The maximum absolute atomic E-state index is 12.0. The third kappa shape index (κ3) is 5.67. The number of ether oxygens (including phenoxy) is 2. The second-order valence-electron chi connectivity index (χ2n) is 5.50. The molecular weight excluding hydrogens is 342 g/mol. The molecule has 136 valence electrons. The fourth-order valence-electron chi connectivity index (χ4n) is 2.32. The van der Waals surface area contributed by atoms with E-state index in [0.717, 1.165) is 11.3 Å². The summed E-state index contributed by atoms with van der Waals surface area (Å²) in [6.45, 7) is 7.75. The number of benzene rings is 1. The summed E-state index contributed by atoms with van der Waals surface area (Å²) in [6, 6.07) is 5.68. The van der Waals surface area contributed by atoms with E-state index in [1.165, 1.54) is 0 Å². The van der Waals surface area contributed by atoms with Crippen molar-refractivity contribution < 1.29 is 14.3 Å². The Morgan fingerprint density at radius 2 is 1.96 bits per heavy atom. The van der Waals surface area contributed by atoms with E-state index in [2.05, 4.69) is 10.4 Å². The van der Waals surface area contributed by atoms with Gasteiger partial charge in [0.05, 0.1) is 23.9 Å². The van der Waals surface area contributed by atoms with E-state index in [4.69, 9.17) is 21.1 Å². The van der Waals surface area contributed by atoms with Crippen molar-refractivity contribution in [3.63, 3.8) is 0 Å². The van der Waals surface area contributed by atoms with Crippen LogP contribution in [-0.4, -0.2) is 28.9 Å².